The third kappa shape index (κ3) is 2.93. The smallest absolute Gasteiger partial charge is 0.271 e. The van der Waals surface area contributed by atoms with Gasteiger partial charge in [-0.15, -0.1) is 0 Å². The van der Waals surface area contributed by atoms with Gasteiger partial charge >= 0.3 is 0 Å². The van der Waals surface area contributed by atoms with Gasteiger partial charge in [-0.25, -0.2) is 0 Å². The maximum Gasteiger partial charge on any atom is 0.271 e. The Morgan fingerprint density at radius 3 is 2.43 bits per heavy atom. The fourth-order valence-corrected chi connectivity index (χ4v) is 1.18. The van der Waals surface area contributed by atoms with Gasteiger partial charge in [-0.2, -0.15) is 0 Å². The van der Waals surface area contributed by atoms with Crippen LogP contribution in [0.1, 0.15) is 0 Å². The van der Waals surface area contributed by atoms with Gasteiger partial charge in [0.2, 0.25) is 0 Å². The Morgan fingerprint density at radius 2 is 1.93 bits per heavy atom. The molecule has 0 aliphatic carbocycles. The fourth-order valence-electron chi connectivity index (χ4n) is 0.874. The van der Waals surface area contributed by atoms with Gasteiger partial charge in [-0.3, -0.25) is 4.79 Å². The Kier molecular flexibility index (Phi) is 3.84. The summed E-state index contributed by atoms with van der Waals surface area (Å²) in [5.74, 6) is -0.0802. The quantitative estimate of drug-likeness (QED) is 0.710. The van der Waals surface area contributed by atoms with Crippen LogP contribution in [0.3, 0.4) is 0 Å². The van der Waals surface area contributed by atoms with Gasteiger partial charge in [-0.1, -0.05) is 34.7 Å². The van der Waals surface area contributed by atoms with Crippen molar-refractivity contribution in [2.24, 2.45) is 0 Å². The molecule has 0 unspecified atom stereocenters. The van der Waals surface area contributed by atoms with Crippen molar-refractivity contribution in [3.05, 3.63) is 28.2 Å². The van der Waals surface area contributed by atoms with Crippen LogP contribution in [0.4, 0.5) is 4.79 Å². The van der Waals surface area contributed by atoms with E-state index in [0.29, 0.717) is 10.0 Å². The molecule has 0 fully saturated rings. The van der Waals surface area contributed by atoms with Crippen LogP contribution >= 0.6 is 23.2 Å². The van der Waals surface area contributed by atoms with Crippen molar-refractivity contribution in [2.45, 2.75) is 0 Å². The summed E-state index contributed by atoms with van der Waals surface area (Å²) in [5.41, 5.74) is 0.748. The average Bonchev–Trinajstić information content (AvgIpc) is 2.11. The molecule has 0 aliphatic rings. The molecule has 0 heterocycles. The summed E-state index contributed by atoms with van der Waals surface area (Å²) in [6, 6.07) is 5.07. The van der Waals surface area contributed by atoms with Crippen LogP contribution in [-0.4, -0.2) is 32.1 Å². The van der Waals surface area contributed by atoms with E-state index in [-0.39, 0.29) is 5.81 Å². The third-order valence-electron chi connectivity index (χ3n) is 1.67. The molecule has 0 aromatic heterocycles. The molecule has 73 valence electrons. The lowest BCUT2D eigenvalue weighted by atomic mass is 9.69. The molecular formula is C9H9BCl2NO. The number of hydrogen-bond acceptors (Lipinski definition) is 1. The Hall–Kier alpha value is -0.665. The largest absolute Gasteiger partial charge is 0.358 e. The number of halogens is 2. The van der Waals surface area contributed by atoms with Gasteiger partial charge in [-0.05, 0) is 12.1 Å². The van der Waals surface area contributed by atoms with Crippen molar-refractivity contribution in [3.63, 3.8) is 0 Å². The summed E-state index contributed by atoms with van der Waals surface area (Å²) in [7, 11) is 4.88. The zero-order valence-corrected chi connectivity index (χ0v) is 9.43. The first-order valence-corrected chi connectivity index (χ1v) is 4.77. The van der Waals surface area contributed by atoms with Crippen LogP contribution in [0.5, 0.6) is 0 Å². The topological polar surface area (TPSA) is 20.3 Å². The molecule has 0 spiro atoms. The number of benzene rings is 1. The van der Waals surface area contributed by atoms with Crippen molar-refractivity contribution in [2.75, 3.05) is 14.1 Å². The highest BCUT2D eigenvalue weighted by Crippen LogP contribution is 2.18. The van der Waals surface area contributed by atoms with Gasteiger partial charge in [0.05, 0.1) is 10.0 Å². The minimum absolute atomic E-state index is 0.0802. The lowest BCUT2D eigenvalue weighted by molar-refractivity contribution is 0.239. The second-order valence-electron chi connectivity index (χ2n) is 3.05. The van der Waals surface area contributed by atoms with E-state index in [1.165, 1.54) is 12.2 Å². The van der Waals surface area contributed by atoms with E-state index in [9.17, 15) is 4.79 Å². The van der Waals surface area contributed by atoms with Crippen molar-refractivity contribution in [1.82, 2.24) is 4.90 Å². The standard InChI is InChI=1S/C9H9BCl2NO/c1-13(2)9(14)10-6-3-4-7(11)8(12)5-6/h3-5H,1-2H3. The average molecular weight is 229 g/mol. The maximum atomic E-state index is 11.3. The molecule has 0 saturated carbocycles. The van der Waals surface area contributed by atoms with E-state index in [4.69, 9.17) is 23.2 Å². The Bertz CT molecular complexity index is 355. The van der Waals surface area contributed by atoms with Gasteiger partial charge in [0.1, 0.15) is 0 Å². The lowest BCUT2D eigenvalue weighted by Gasteiger charge is -2.09. The third-order valence-corrected chi connectivity index (χ3v) is 2.41. The summed E-state index contributed by atoms with van der Waals surface area (Å²) in [5, 5.41) is 0.938. The highest BCUT2D eigenvalue weighted by atomic mass is 35.5. The van der Waals surface area contributed by atoms with Gasteiger partial charge in [0.15, 0.2) is 5.81 Å². The summed E-state index contributed by atoms with van der Waals surface area (Å²) >= 11 is 11.5. The summed E-state index contributed by atoms with van der Waals surface area (Å²) in [4.78, 5) is 12.8. The van der Waals surface area contributed by atoms with Gasteiger partial charge in [0, 0.05) is 14.1 Å². The Morgan fingerprint density at radius 1 is 1.29 bits per heavy atom. The second-order valence-corrected chi connectivity index (χ2v) is 3.86. The molecule has 1 amide bonds. The highest BCUT2D eigenvalue weighted by Gasteiger charge is 2.09. The minimum Gasteiger partial charge on any atom is -0.358 e. The van der Waals surface area contributed by atoms with Crippen LogP contribution in [0.2, 0.25) is 10.0 Å². The monoisotopic (exact) mass is 228 g/mol. The Balaban J connectivity index is 2.78. The molecule has 0 saturated heterocycles. The predicted octanol–water partition coefficient (Wildman–Crippen LogP) is 2.00. The number of carbonyl (C=O) groups excluding carboxylic acids is 1. The number of rotatable bonds is 2. The molecule has 2 nitrogen and oxygen atoms in total. The predicted molar refractivity (Wildman–Crippen MR) is 60.9 cm³/mol. The number of amides is 1. The molecule has 1 radical (unpaired) electrons. The highest BCUT2D eigenvalue weighted by molar-refractivity contribution is 6.83. The first kappa shape index (κ1) is 11.4. The summed E-state index contributed by atoms with van der Waals surface area (Å²) in [6.45, 7) is 0. The minimum atomic E-state index is -0.0802. The Labute approximate surface area is 94.0 Å². The first-order chi connectivity index (χ1) is 6.50. The molecule has 1 aromatic carbocycles. The van der Waals surface area contributed by atoms with E-state index in [1.807, 2.05) is 0 Å². The van der Waals surface area contributed by atoms with E-state index in [1.54, 1.807) is 32.3 Å². The van der Waals surface area contributed by atoms with Crippen LogP contribution < -0.4 is 5.46 Å². The molecule has 14 heavy (non-hydrogen) atoms. The maximum absolute atomic E-state index is 11.3. The summed E-state index contributed by atoms with van der Waals surface area (Å²) < 4.78 is 0. The molecule has 0 aliphatic heterocycles. The molecule has 1 aromatic rings. The van der Waals surface area contributed by atoms with E-state index in [2.05, 4.69) is 0 Å². The lowest BCUT2D eigenvalue weighted by Crippen LogP contribution is -2.32. The SMILES string of the molecule is CN(C)C(=O)[B]c1ccc(Cl)c(Cl)c1. The van der Waals surface area contributed by atoms with E-state index in [0.717, 1.165) is 5.46 Å². The molecule has 0 bridgehead atoms. The van der Waals surface area contributed by atoms with Crippen molar-refractivity contribution < 1.29 is 4.79 Å². The van der Waals surface area contributed by atoms with E-state index < -0.39 is 0 Å². The van der Waals surface area contributed by atoms with Crippen molar-refractivity contribution >= 4 is 41.8 Å². The molecule has 0 atom stereocenters. The van der Waals surface area contributed by atoms with Crippen LogP contribution in [0.15, 0.2) is 18.2 Å². The van der Waals surface area contributed by atoms with Crippen molar-refractivity contribution in [3.8, 4) is 0 Å². The number of hydrogen-bond donors (Lipinski definition) is 0. The van der Waals surface area contributed by atoms with Crippen LogP contribution in [0, 0.1) is 0 Å². The normalized spacial score (nSPS) is 9.71. The first-order valence-electron chi connectivity index (χ1n) is 4.02. The zero-order chi connectivity index (χ0) is 10.7. The summed E-state index contributed by atoms with van der Waals surface area (Å²) in [6.07, 6.45) is 0. The van der Waals surface area contributed by atoms with Gasteiger partial charge in [0.25, 0.3) is 7.28 Å². The molecule has 5 heteroatoms. The van der Waals surface area contributed by atoms with E-state index >= 15 is 0 Å². The molecule has 0 N–H and O–H groups in total. The van der Waals surface area contributed by atoms with Crippen molar-refractivity contribution in [1.29, 1.82) is 0 Å². The zero-order valence-electron chi connectivity index (χ0n) is 7.92. The second kappa shape index (κ2) is 4.71. The number of carbonyl (C=O) groups is 1. The van der Waals surface area contributed by atoms with Crippen LogP contribution in [0.25, 0.3) is 0 Å². The van der Waals surface area contributed by atoms with Gasteiger partial charge < -0.3 is 4.90 Å². The fraction of sp³-hybridized carbons (Fsp3) is 0.222. The molecule has 1 rings (SSSR count). The molecular weight excluding hydrogens is 220 g/mol. The number of nitrogens with zero attached hydrogens (tertiary/aromatic N) is 1. The van der Waals surface area contributed by atoms with Crippen LogP contribution in [-0.2, 0) is 0 Å².